The molecule has 0 aromatic heterocycles. The fourth-order valence-electron chi connectivity index (χ4n) is 3.16. The molecule has 1 aliphatic rings. The van der Waals surface area contributed by atoms with E-state index in [9.17, 15) is 13.2 Å². The van der Waals surface area contributed by atoms with Crippen molar-refractivity contribution in [1.82, 2.24) is 9.62 Å². The molecule has 1 fully saturated rings. The number of aryl methyl sites for hydroxylation is 1. The molecule has 1 heterocycles. The standard InChI is InChI=1S/C21H22Cl2N2O3S/c1-15-2-6-19(7-3-15)29(27,28)25-12-10-18(11-13-25)24-21(26)9-4-16-14-17(22)5-8-20(16)23/h2-9,14,18H,10-13H2,1H3,(H,24,26)/b9-4+. The van der Waals surface area contributed by atoms with Crippen LogP contribution in [0.2, 0.25) is 10.0 Å². The lowest BCUT2D eigenvalue weighted by Crippen LogP contribution is -2.46. The first kappa shape index (κ1) is 21.8. The van der Waals surface area contributed by atoms with E-state index in [4.69, 9.17) is 23.2 Å². The van der Waals surface area contributed by atoms with Crippen molar-refractivity contribution in [3.05, 3.63) is 69.7 Å². The van der Waals surface area contributed by atoms with E-state index in [1.54, 1.807) is 48.5 Å². The monoisotopic (exact) mass is 452 g/mol. The molecule has 1 N–H and O–H groups in total. The average Bonchev–Trinajstić information content (AvgIpc) is 2.69. The van der Waals surface area contributed by atoms with E-state index in [1.165, 1.54) is 10.4 Å². The summed E-state index contributed by atoms with van der Waals surface area (Å²) >= 11 is 12.0. The quantitative estimate of drug-likeness (QED) is 0.688. The Morgan fingerprint density at radius 3 is 2.41 bits per heavy atom. The van der Waals surface area contributed by atoms with Gasteiger partial charge in [-0.25, -0.2) is 8.42 Å². The lowest BCUT2D eigenvalue weighted by molar-refractivity contribution is -0.117. The summed E-state index contributed by atoms with van der Waals surface area (Å²) in [4.78, 5) is 12.5. The molecule has 29 heavy (non-hydrogen) atoms. The van der Waals surface area contributed by atoms with E-state index in [1.807, 2.05) is 6.92 Å². The summed E-state index contributed by atoms with van der Waals surface area (Å²) in [7, 11) is -3.51. The SMILES string of the molecule is Cc1ccc(S(=O)(=O)N2CCC(NC(=O)/C=C/c3cc(Cl)ccc3Cl)CC2)cc1. The van der Waals surface area contributed by atoms with Gasteiger partial charge in [-0.2, -0.15) is 4.31 Å². The van der Waals surface area contributed by atoms with Crippen LogP contribution in [0.5, 0.6) is 0 Å². The molecule has 8 heteroatoms. The van der Waals surface area contributed by atoms with Gasteiger partial charge in [-0.3, -0.25) is 4.79 Å². The van der Waals surface area contributed by atoms with Gasteiger partial charge in [0.25, 0.3) is 0 Å². The Bertz CT molecular complexity index is 1010. The molecule has 3 rings (SSSR count). The number of carbonyl (C=O) groups is 1. The predicted molar refractivity (Wildman–Crippen MR) is 117 cm³/mol. The van der Waals surface area contributed by atoms with Crippen molar-refractivity contribution >= 4 is 45.2 Å². The molecule has 0 bridgehead atoms. The minimum atomic E-state index is -3.51. The highest BCUT2D eigenvalue weighted by atomic mass is 35.5. The number of sulfonamides is 1. The van der Waals surface area contributed by atoms with Gasteiger partial charge < -0.3 is 5.32 Å². The highest BCUT2D eigenvalue weighted by Crippen LogP contribution is 2.23. The van der Waals surface area contributed by atoms with E-state index in [2.05, 4.69) is 5.32 Å². The van der Waals surface area contributed by atoms with Gasteiger partial charge in [0.15, 0.2) is 0 Å². The van der Waals surface area contributed by atoms with Gasteiger partial charge in [0.2, 0.25) is 15.9 Å². The number of amides is 1. The largest absolute Gasteiger partial charge is 0.350 e. The maximum atomic E-state index is 12.8. The van der Waals surface area contributed by atoms with Crippen molar-refractivity contribution in [2.75, 3.05) is 13.1 Å². The Labute approximate surface area is 181 Å². The molecule has 2 aromatic carbocycles. The van der Waals surface area contributed by atoms with Gasteiger partial charge in [0, 0.05) is 35.3 Å². The molecule has 1 aliphatic heterocycles. The maximum Gasteiger partial charge on any atom is 0.244 e. The van der Waals surface area contributed by atoms with Crippen molar-refractivity contribution in [3.63, 3.8) is 0 Å². The molecule has 1 amide bonds. The molecule has 0 unspecified atom stereocenters. The van der Waals surface area contributed by atoms with E-state index in [-0.39, 0.29) is 11.9 Å². The number of carbonyl (C=O) groups excluding carboxylic acids is 1. The summed E-state index contributed by atoms with van der Waals surface area (Å²) in [6, 6.07) is 11.8. The smallest absolute Gasteiger partial charge is 0.244 e. The van der Waals surface area contributed by atoms with Crippen molar-refractivity contribution in [2.24, 2.45) is 0 Å². The van der Waals surface area contributed by atoms with E-state index >= 15 is 0 Å². The summed E-state index contributed by atoms with van der Waals surface area (Å²) in [6.45, 7) is 2.65. The van der Waals surface area contributed by atoms with Crippen LogP contribution in [0.4, 0.5) is 0 Å². The van der Waals surface area contributed by atoms with Crippen LogP contribution in [0.25, 0.3) is 6.08 Å². The number of rotatable bonds is 5. The number of benzene rings is 2. The first-order valence-corrected chi connectivity index (χ1v) is 11.5. The van der Waals surface area contributed by atoms with E-state index < -0.39 is 10.0 Å². The van der Waals surface area contributed by atoms with Crippen LogP contribution in [-0.2, 0) is 14.8 Å². The van der Waals surface area contributed by atoms with Crippen LogP contribution >= 0.6 is 23.2 Å². The number of hydrogen-bond acceptors (Lipinski definition) is 3. The normalized spacial score (nSPS) is 16.2. The summed E-state index contributed by atoms with van der Waals surface area (Å²) in [6.07, 6.45) is 4.14. The Kier molecular flexibility index (Phi) is 7.01. The zero-order chi connectivity index (χ0) is 21.0. The van der Waals surface area contributed by atoms with Crippen LogP contribution in [0.1, 0.15) is 24.0 Å². The maximum absolute atomic E-state index is 12.8. The zero-order valence-electron chi connectivity index (χ0n) is 15.9. The molecule has 0 saturated carbocycles. The molecule has 1 saturated heterocycles. The van der Waals surface area contributed by atoms with Crippen molar-refractivity contribution in [1.29, 1.82) is 0 Å². The number of hydrogen-bond donors (Lipinski definition) is 1. The van der Waals surface area contributed by atoms with Gasteiger partial charge in [0.1, 0.15) is 0 Å². The fourth-order valence-corrected chi connectivity index (χ4v) is 4.99. The second-order valence-corrected chi connectivity index (χ2v) is 9.78. The van der Waals surface area contributed by atoms with Crippen molar-refractivity contribution < 1.29 is 13.2 Å². The molecule has 0 atom stereocenters. The number of halogens is 2. The summed E-state index contributed by atoms with van der Waals surface area (Å²) in [5.74, 6) is -0.249. The van der Waals surface area contributed by atoms with Crippen LogP contribution in [0.3, 0.4) is 0 Å². The van der Waals surface area contributed by atoms with Gasteiger partial charge >= 0.3 is 0 Å². The van der Waals surface area contributed by atoms with E-state index in [0.717, 1.165) is 5.56 Å². The van der Waals surface area contributed by atoms with Gasteiger partial charge in [-0.15, -0.1) is 0 Å². The number of piperidine rings is 1. The van der Waals surface area contributed by atoms with Crippen molar-refractivity contribution in [3.8, 4) is 0 Å². The summed E-state index contributed by atoms with van der Waals surface area (Å²) < 4.78 is 27.0. The van der Waals surface area contributed by atoms with Crippen LogP contribution in [-0.4, -0.2) is 37.8 Å². The molecular weight excluding hydrogens is 431 g/mol. The fraction of sp³-hybridized carbons (Fsp3) is 0.286. The lowest BCUT2D eigenvalue weighted by atomic mass is 10.1. The van der Waals surface area contributed by atoms with Gasteiger partial charge in [-0.1, -0.05) is 40.9 Å². The van der Waals surface area contributed by atoms with Crippen LogP contribution in [0.15, 0.2) is 53.4 Å². The minimum Gasteiger partial charge on any atom is -0.350 e. The first-order valence-electron chi connectivity index (χ1n) is 9.26. The highest BCUT2D eigenvalue weighted by molar-refractivity contribution is 7.89. The third-order valence-corrected chi connectivity index (χ3v) is 7.32. The first-order chi connectivity index (χ1) is 13.8. The summed E-state index contributed by atoms with van der Waals surface area (Å²) in [5, 5.41) is 3.97. The van der Waals surface area contributed by atoms with Gasteiger partial charge in [0.05, 0.1) is 4.90 Å². The Morgan fingerprint density at radius 1 is 1.10 bits per heavy atom. The Balaban J connectivity index is 1.55. The molecule has 0 spiro atoms. The predicted octanol–water partition coefficient (Wildman–Crippen LogP) is 4.28. The molecule has 154 valence electrons. The topological polar surface area (TPSA) is 66.5 Å². The third kappa shape index (κ3) is 5.60. The average molecular weight is 453 g/mol. The zero-order valence-corrected chi connectivity index (χ0v) is 18.3. The molecule has 5 nitrogen and oxygen atoms in total. The second-order valence-electron chi connectivity index (χ2n) is 7.00. The summed E-state index contributed by atoms with van der Waals surface area (Å²) in [5.41, 5.74) is 1.67. The Morgan fingerprint density at radius 2 is 1.76 bits per heavy atom. The third-order valence-electron chi connectivity index (χ3n) is 4.83. The number of nitrogens with zero attached hydrogens (tertiary/aromatic N) is 1. The van der Waals surface area contributed by atoms with Gasteiger partial charge in [-0.05, 0) is 61.7 Å². The second kappa shape index (κ2) is 9.30. The molecule has 0 radical (unpaired) electrons. The van der Waals surface area contributed by atoms with E-state index in [0.29, 0.717) is 46.4 Å². The van der Waals surface area contributed by atoms with Crippen molar-refractivity contribution in [2.45, 2.75) is 30.7 Å². The molecule has 2 aromatic rings. The number of nitrogens with one attached hydrogen (secondary N) is 1. The minimum absolute atomic E-state index is 0.0774. The molecule has 0 aliphatic carbocycles. The molecular formula is C21H22Cl2N2O3S. The lowest BCUT2D eigenvalue weighted by Gasteiger charge is -2.31. The highest BCUT2D eigenvalue weighted by Gasteiger charge is 2.29. The van der Waals surface area contributed by atoms with Crippen LogP contribution in [0, 0.1) is 6.92 Å². The van der Waals surface area contributed by atoms with Crippen LogP contribution < -0.4 is 5.32 Å². The Hall–Kier alpha value is -1.86.